The van der Waals surface area contributed by atoms with Crippen LogP contribution in [0.15, 0.2) is 48.0 Å². The van der Waals surface area contributed by atoms with Gasteiger partial charge >= 0.3 is 0 Å². The molecular weight excluding hydrogens is 368 g/mol. The fraction of sp³-hybridized carbons (Fsp3) is 0.304. The molecule has 0 saturated heterocycles. The van der Waals surface area contributed by atoms with Gasteiger partial charge in [-0.1, -0.05) is 38.1 Å². The molecule has 3 rings (SSSR count). The van der Waals surface area contributed by atoms with E-state index in [-0.39, 0.29) is 18.9 Å². The Labute approximate surface area is 170 Å². The topological polar surface area (TPSA) is 80.6 Å². The van der Waals surface area contributed by atoms with E-state index < -0.39 is 5.91 Å². The third-order valence-corrected chi connectivity index (χ3v) is 4.43. The van der Waals surface area contributed by atoms with Gasteiger partial charge in [-0.3, -0.25) is 4.79 Å². The van der Waals surface area contributed by atoms with E-state index in [9.17, 15) is 10.1 Å². The van der Waals surface area contributed by atoms with Crippen molar-refractivity contribution in [2.24, 2.45) is 5.92 Å². The molecule has 1 aliphatic heterocycles. The number of hydrogen-bond acceptors (Lipinski definition) is 5. The Hall–Kier alpha value is -3.46. The number of para-hydroxylation sites is 1. The summed E-state index contributed by atoms with van der Waals surface area (Å²) in [4.78, 5) is 12.5. The predicted octanol–water partition coefficient (Wildman–Crippen LogP) is 4.06. The SMILES string of the molecule is CC(C)CCOc1ccccc1C=C(C#N)C(=O)NCc1ccc2c(c1)OCO2. The predicted molar refractivity (Wildman–Crippen MR) is 109 cm³/mol. The molecule has 0 radical (unpaired) electrons. The van der Waals surface area contributed by atoms with Crippen LogP contribution in [0.25, 0.3) is 6.08 Å². The number of carbonyl (C=O) groups excluding carboxylic acids is 1. The highest BCUT2D eigenvalue weighted by atomic mass is 16.7. The lowest BCUT2D eigenvalue weighted by atomic mass is 10.1. The van der Waals surface area contributed by atoms with E-state index in [1.165, 1.54) is 0 Å². The van der Waals surface area contributed by atoms with Crippen molar-refractivity contribution in [2.75, 3.05) is 13.4 Å². The number of nitrogens with zero attached hydrogens (tertiary/aromatic N) is 1. The van der Waals surface area contributed by atoms with Crippen LogP contribution in [0.1, 0.15) is 31.4 Å². The summed E-state index contributed by atoms with van der Waals surface area (Å²) in [5.41, 5.74) is 1.58. The number of hydrogen-bond donors (Lipinski definition) is 1. The van der Waals surface area contributed by atoms with Gasteiger partial charge in [0.1, 0.15) is 17.4 Å². The standard InChI is InChI=1S/C23H24N2O4/c1-16(2)9-10-27-20-6-4-3-5-18(20)12-19(13-24)23(26)25-14-17-7-8-21-22(11-17)29-15-28-21/h3-8,11-12,16H,9-10,14-15H2,1-2H3,(H,25,26). The first kappa shape index (κ1) is 20.3. The monoisotopic (exact) mass is 392 g/mol. The van der Waals surface area contributed by atoms with Gasteiger partial charge in [-0.25, -0.2) is 0 Å². The molecule has 6 nitrogen and oxygen atoms in total. The zero-order valence-corrected chi connectivity index (χ0v) is 16.6. The molecule has 1 heterocycles. The smallest absolute Gasteiger partial charge is 0.262 e. The number of amides is 1. The molecule has 0 aromatic heterocycles. The molecule has 1 N–H and O–H groups in total. The fourth-order valence-electron chi connectivity index (χ4n) is 2.77. The van der Waals surface area contributed by atoms with E-state index >= 15 is 0 Å². The van der Waals surface area contributed by atoms with Crippen LogP contribution in [-0.2, 0) is 11.3 Å². The van der Waals surface area contributed by atoms with E-state index in [0.29, 0.717) is 35.3 Å². The van der Waals surface area contributed by atoms with Crippen LogP contribution in [0.5, 0.6) is 17.2 Å². The first-order chi connectivity index (χ1) is 14.1. The number of nitrogens with one attached hydrogen (secondary N) is 1. The maximum atomic E-state index is 12.5. The summed E-state index contributed by atoms with van der Waals surface area (Å²) < 4.78 is 16.5. The largest absolute Gasteiger partial charge is 0.493 e. The molecule has 1 aliphatic rings. The summed E-state index contributed by atoms with van der Waals surface area (Å²) in [6, 6.07) is 14.8. The molecule has 0 aliphatic carbocycles. The van der Waals surface area contributed by atoms with Crippen LogP contribution < -0.4 is 19.5 Å². The highest BCUT2D eigenvalue weighted by molar-refractivity contribution is 6.01. The van der Waals surface area contributed by atoms with Crippen molar-refractivity contribution in [3.8, 4) is 23.3 Å². The van der Waals surface area contributed by atoms with Gasteiger partial charge in [-0.15, -0.1) is 0 Å². The van der Waals surface area contributed by atoms with Crippen molar-refractivity contribution >= 4 is 12.0 Å². The lowest BCUT2D eigenvalue weighted by molar-refractivity contribution is -0.117. The van der Waals surface area contributed by atoms with Gasteiger partial charge in [0, 0.05) is 12.1 Å². The maximum absolute atomic E-state index is 12.5. The Bertz CT molecular complexity index is 944. The summed E-state index contributed by atoms with van der Waals surface area (Å²) >= 11 is 0. The van der Waals surface area contributed by atoms with E-state index in [1.54, 1.807) is 12.1 Å². The number of ether oxygens (including phenoxy) is 3. The lowest BCUT2D eigenvalue weighted by Gasteiger charge is -2.11. The highest BCUT2D eigenvalue weighted by Gasteiger charge is 2.15. The molecule has 0 atom stereocenters. The molecule has 0 bridgehead atoms. The molecule has 2 aromatic rings. The molecule has 0 spiro atoms. The van der Waals surface area contributed by atoms with Crippen LogP contribution >= 0.6 is 0 Å². The van der Waals surface area contributed by atoms with Crippen LogP contribution in [0.4, 0.5) is 0 Å². The van der Waals surface area contributed by atoms with E-state index in [2.05, 4.69) is 19.2 Å². The Kier molecular flexibility index (Phi) is 6.75. The van der Waals surface area contributed by atoms with Gasteiger partial charge in [-0.2, -0.15) is 5.26 Å². The van der Waals surface area contributed by atoms with Gasteiger partial charge in [-0.05, 0) is 42.2 Å². The first-order valence-corrected chi connectivity index (χ1v) is 9.57. The van der Waals surface area contributed by atoms with Gasteiger partial charge in [0.25, 0.3) is 5.91 Å². The quantitative estimate of drug-likeness (QED) is 0.541. The minimum atomic E-state index is -0.442. The second-order valence-electron chi connectivity index (χ2n) is 7.11. The third-order valence-electron chi connectivity index (χ3n) is 4.43. The molecule has 0 fully saturated rings. The highest BCUT2D eigenvalue weighted by Crippen LogP contribution is 2.32. The van der Waals surface area contributed by atoms with Gasteiger partial charge in [0.15, 0.2) is 11.5 Å². The normalized spacial score (nSPS) is 12.6. The number of benzene rings is 2. The zero-order chi connectivity index (χ0) is 20.6. The van der Waals surface area contributed by atoms with Gasteiger partial charge in [0.2, 0.25) is 6.79 Å². The van der Waals surface area contributed by atoms with Crippen LogP contribution in [0, 0.1) is 17.2 Å². The second-order valence-corrected chi connectivity index (χ2v) is 7.11. The number of fused-ring (bicyclic) bond motifs is 1. The van der Waals surface area contributed by atoms with Crippen LogP contribution in [-0.4, -0.2) is 19.3 Å². The number of carbonyl (C=O) groups is 1. The zero-order valence-electron chi connectivity index (χ0n) is 16.6. The molecule has 2 aromatic carbocycles. The van der Waals surface area contributed by atoms with E-state index in [0.717, 1.165) is 12.0 Å². The number of rotatable bonds is 8. The average Bonchev–Trinajstić information content (AvgIpc) is 3.19. The molecule has 0 saturated carbocycles. The van der Waals surface area contributed by atoms with Crippen molar-refractivity contribution in [1.82, 2.24) is 5.32 Å². The summed E-state index contributed by atoms with van der Waals surface area (Å²) in [6.45, 7) is 5.33. The Balaban J connectivity index is 1.66. The van der Waals surface area contributed by atoms with Gasteiger partial charge < -0.3 is 19.5 Å². The maximum Gasteiger partial charge on any atom is 0.262 e. The first-order valence-electron chi connectivity index (χ1n) is 9.57. The van der Waals surface area contributed by atoms with E-state index in [1.807, 2.05) is 42.5 Å². The minimum absolute atomic E-state index is 0.0191. The summed E-state index contributed by atoms with van der Waals surface area (Å²) in [7, 11) is 0. The summed E-state index contributed by atoms with van der Waals surface area (Å²) in [5.74, 6) is 2.09. The Morgan fingerprint density at radius 2 is 2.03 bits per heavy atom. The fourth-order valence-corrected chi connectivity index (χ4v) is 2.77. The van der Waals surface area contributed by atoms with Crippen molar-refractivity contribution < 1.29 is 19.0 Å². The molecule has 0 unspecified atom stereocenters. The molecule has 6 heteroatoms. The van der Waals surface area contributed by atoms with Crippen molar-refractivity contribution in [1.29, 1.82) is 5.26 Å². The van der Waals surface area contributed by atoms with Crippen molar-refractivity contribution in [2.45, 2.75) is 26.8 Å². The minimum Gasteiger partial charge on any atom is -0.493 e. The molecule has 29 heavy (non-hydrogen) atoms. The third kappa shape index (κ3) is 5.52. The Morgan fingerprint density at radius 1 is 1.24 bits per heavy atom. The molecule has 150 valence electrons. The van der Waals surface area contributed by atoms with Crippen LogP contribution in [0.2, 0.25) is 0 Å². The average molecular weight is 392 g/mol. The lowest BCUT2D eigenvalue weighted by Crippen LogP contribution is -2.23. The Morgan fingerprint density at radius 3 is 2.83 bits per heavy atom. The molecular formula is C23H24N2O4. The summed E-state index contributed by atoms with van der Waals surface area (Å²) in [6.07, 6.45) is 2.48. The van der Waals surface area contributed by atoms with Gasteiger partial charge in [0.05, 0.1) is 6.61 Å². The van der Waals surface area contributed by atoms with Crippen LogP contribution in [0.3, 0.4) is 0 Å². The second kappa shape index (κ2) is 9.65. The summed E-state index contributed by atoms with van der Waals surface area (Å²) in [5, 5.41) is 12.2. The van der Waals surface area contributed by atoms with Crippen molar-refractivity contribution in [3.63, 3.8) is 0 Å². The number of nitriles is 1. The van der Waals surface area contributed by atoms with E-state index in [4.69, 9.17) is 14.2 Å². The van der Waals surface area contributed by atoms with Crippen molar-refractivity contribution in [3.05, 3.63) is 59.2 Å². The molecule has 1 amide bonds.